The molecule has 0 saturated heterocycles. The monoisotopic (exact) mass is 289 g/mol. The van der Waals surface area contributed by atoms with E-state index < -0.39 is 0 Å². The summed E-state index contributed by atoms with van der Waals surface area (Å²) in [5.41, 5.74) is 2.58. The topological polar surface area (TPSA) is 8.81 Å². The van der Waals surface area contributed by atoms with E-state index in [2.05, 4.69) is 54.4 Å². The third kappa shape index (κ3) is 1.45. The molecule has 0 N–H and O–H groups in total. The van der Waals surface area contributed by atoms with Crippen molar-refractivity contribution in [3.05, 3.63) is 30.1 Å². The average Bonchev–Trinajstić information content (AvgIpc) is 2.33. The van der Waals surface area contributed by atoms with Gasteiger partial charge in [0.25, 0.3) is 5.82 Å². The fraction of sp³-hybridized carbons (Fsp3) is 0.300. The number of aryl methyl sites for hydroxylation is 2. The second-order valence-electron chi connectivity index (χ2n) is 3.15. The molecule has 1 aromatic carbocycles. The van der Waals surface area contributed by atoms with Gasteiger partial charge in [-0.15, -0.1) is 24.0 Å². The van der Waals surface area contributed by atoms with Crippen molar-refractivity contribution in [1.82, 2.24) is 4.57 Å². The predicted octanol–water partition coefficient (Wildman–Crippen LogP) is 1.93. The van der Waals surface area contributed by atoms with Gasteiger partial charge in [-0.2, -0.15) is 0 Å². The summed E-state index contributed by atoms with van der Waals surface area (Å²) in [5.74, 6) is 1.27. The zero-order valence-electron chi connectivity index (χ0n) is 8.11. The molecule has 0 atom stereocenters. The van der Waals surface area contributed by atoms with Gasteiger partial charge in [0, 0.05) is 6.92 Å². The number of halogens is 1. The number of para-hydroxylation sites is 2. The molecule has 0 aliphatic carbocycles. The lowest BCUT2D eigenvalue weighted by molar-refractivity contribution is -0.652. The quantitative estimate of drug-likeness (QED) is 0.517. The van der Waals surface area contributed by atoms with E-state index in [1.165, 1.54) is 16.9 Å². The van der Waals surface area contributed by atoms with Crippen LogP contribution in [0.1, 0.15) is 5.82 Å². The highest BCUT2D eigenvalue weighted by Crippen LogP contribution is 2.10. The summed E-state index contributed by atoms with van der Waals surface area (Å²) >= 11 is 0. The molecular weight excluding hydrogens is 275 g/mol. The van der Waals surface area contributed by atoms with Crippen molar-refractivity contribution >= 4 is 35.0 Å². The summed E-state index contributed by atoms with van der Waals surface area (Å²) in [5, 5.41) is 0. The van der Waals surface area contributed by atoms with E-state index in [0.29, 0.717) is 0 Å². The largest absolute Gasteiger partial charge is 0.253 e. The zero-order chi connectivity index (χ0) is 8.72. The first-order chi connectivity index (χ1) is 5.72. The van der Waals surface area contributed by atoms with E-state index >= 15 is 0 Å². The van der Waals surface area contributed by atoms with Crippen molar-refractivity contribution in [2.45, 2.75) is 6.92 Å². The van der Waals surface area contributed by atoms with Crippen LogP contribution in [0.3, 0.4) is 0 Å². The summed E-state index contributed by atoms with van der Waals surface area (Å²) in [6, 6.07) is 8.42. The van der Waals surface area contributed by atoms with Crippen LogP contribution < -0.4 is 4.57 Å². The van der Waals surface area contributed by atoms with Gasteiger partial charge in [0.2, 0.25) is 0 Å². The van der Waals surface area contributed by atoms with E-state index in [0.717, 1.165) is 0 Å². The maximum absolute atomic E-state index is 2.20. The number of nitrogens with zero attached hydrogens (tertiary/aromatic N) is 2. The van der Waals surface area contributed by atoms with Gasteiger partial charge in [-0.3, -0.25) is 0 Å². The van der Waals surface area contributed by atoms with Crippen molar-refractivity contribution in [1.29, 1.82) is 0 Å². The fourth-order valence-electron chi connectivity index (χ4n) is 1.61. The van der Waals surface area contributed by atoms with Gasteiger partial charge in [-0.25, -0.2) is 9.13 Å². The lowest BCUT2D eigenvalue weighted by Gasteiger charge is -1.86. The highest BCUT2D eigenvalue weighted by atomic mass is 127. The number of aromatic nitrogens is 2. The smallest absolute Gasteiger partial charge is 0.230 e. The van der Waals surface area contributed by atoms with Crippen molar-refractivity contribution in [2.75, 3.05) is 0 Å². The molecule has 2 aromatic rings. The van der Waals surface area contributed by atoms with Crippen molar-refractivity contribution < 1.29 is 4.57 Å². The molecule has 0 fully saturated rings. The molecule has 0 saturated carbocycles. The second-order valence-corrected chi connectivity index (χ2v) is 3.15. The molecule has 0 bridgehead atoms. The van der Waals surface area contributed by atoms with Gasteiger partial charge < -0.3 is 0 Å². The molecule has 0 unspecified atom stereocenters. The molecule has 1 heterocycles. The van der Waals surface area contributed by atoms with Crippen LogP contribution in [-0.2, 0) is 14.1 Å². The Morgan fingerprint density at radius 3 is 2.46 bits per heavy atom. The minimum absolute atomic E-state index is 0. The molecule has 13 heavy (non-hydrogen) atoms. The Balaban J connectivity index is 0.000000845. The summed E-state index contributed by atoms with van der Waals surface area (Å²) in [7, 11) is 4.19. The maximum Gasteiger partial charge on any atom is 0.253 e. The van der Waals surface area contributed by atoms with Gasteiger partial charge in [-0.05, 0) is 12.1 Å². The Morgan fingerprint density at radius 2 is 1.85 bits per heavy atom. The number of hydrogen-bond acceptors (Lipinski definition) is 0. The third-order valence-corrected chi connectivity index (χ3v) is 2.58. The van der Waals surface area contributed by atoms with Gasteiger partial charge in [0.1, 0.15) is 0 Å². The number of benzene rings is 1. The Hall–Kier alpha value is -0.580. The van der Waals surface area contributed by atoms with E-state index in [-0.39, 0.29) is 24.0 Å². The molecule has 0 aliphatic rings. The molecule has 2 nitrogen and oxygen atoms in total. The van der Waals surface area contributed by atoms with Crippen LogP contribution in [-0.4, -0.2) is 4.57 Å². The fourth-order valence-corrected chi connectivity index (χ4v) is 1.61. The Morgan fingerprint density at radius 1 is 1.23 bits per heavy atom. The molecular formula is C10H14IN2+. The van der Waals surface area contributed by atoms with Crippen LogP contribution in [0.25, 0.3) is 11.0 Å². The normalized spacial score (nSPS) is 10.1. The molecule has 3 heteroatoms. The van der Waals surface area contributed by atoms with E-state index in [1.54, 1.807) is 0 Å². The molecule has 1 aromatic heterocycles. The van der Waals surface area contributed by atoms with Gasteiger partial charge in [0.05, 0.1) is 14.1 Å². The SMILES string of the molecule is Cc1n(C)c2ccccc2[n+]1C.I. The van der Waals surface area contributed by atoms with Crippen LogP contribution in [0.2, 0.25) is 0 Å². The lowest BCUT2D eigenvalue weighted by Crippen LogP contribution is -2.30. The molecule has 70 valence electrons. The van der Waals surface area contributed by atoms with E-state index in [1.807, 2.05) is 0 Å². The summed E-state index contributed by atoms with van der Waals surface area (Å²) in [6.07, 6.45) is 0. The summed E-state index contributed by atoms with van der Waals surface area (Å²) in [6.45, 7) is 2.12. The highest BCUT2D eigenvalue weighted by Gasteiger charge is 2.13. The van der Waals surface area contributed by atoms with Crippen molar-refractivity contribution in [2.24, 2.45) is 14.1 Å². The lowest BCUT2D eigenvalue weighted by atomic mass is 10.3. The highest BCUT2D eigenvalue weighted by molar-refractivity contribution is 14.0. The molecule has 0 spiro atoms. The second kappa shape index (κ2) is 3.65. The summed E-state index contributed by atoms with van der Waals surface area (Å²) < 4.78 is 4.41. The first-order valence-electron chi connectivity index (χ1n) is 4.12. The zero-order valence-corrected chi connectivity index (χ0v) is 10.4. The van der Waals surface area contributed by atoms with Crippen LogP contribution in [0.4, 0.5) is 0 Å². The summed E-state index contributed by atoms with van der Waals surface area (Å²) in [4.78, 5) is 0. The first kappa shape index (κ1) is 10.5. The number of hydrogen-bond donors (Lipinski definition) is 0. The van der Waals surface area contributed by atoms with Gasteiger partial charge in [0.15, 0.2) is 11.0 Å². The number of rotatable bonds is 0. The van der Waals surface area contributed by atoms with Gasteiger partial charge in [-0.1, -0.05) is 12.1 Å². The Labute approximate surface area is 95.2 Å². The molecule has 0 radical (unpaired) electrons. The Bertz CT molecular complexity index is 393. The molecule has 0 amide bonds. The minimum Gasteiger partial charge on any atom is -0.230 e. The number of imidazole rings is 1. The van der Waals surface area contributed by atoms with Gasteiger partial charge >= 0.3 is 0 Å². The minimum atomic E-state index is 0. The van der Waals surface area contributed by atoms with Crippen LogP contribution >= 0.6 is 24.0 Å². The van der Waals surface area contributed by atoms with Crippen LogP contribution in [0.15, 0.2) is 24.3 Å². The molecule has 0 aliphatic heterocycles. The molecule has 2 rings (SSSR count). The number of fused-ring (bicyclic) bond motifs is 1. The Kier molecular flexibility index (Phi) is 2.95. The van der Waals surface area contributed by atoms with E-state index in [9.17, 15) is 0 Å². The third-order valence-electron chi connectivity index (χ3n) is 2.58. The predicted molar refractivity (Wildman–Crippen MR) is 64.2 cm³/mol. The van der Waals surface area contributed by atoms with E-state index in [4.69, 9.17) is 0 Å². The standard InChI is InChI=1S/C10H13N2.HI/c1-8-11(2)9-6-4-5-7-10(9)12(8)3;/h4-7H,1-3H3;1H/q+1;. The maximum atomic E-state index is 2.20. The van der Waals surface area contributed by atoms with Crippen molar-refractivity contribution in [3.63, 3.8) is 0 Å². The average molecular weight is 289 g/mol. The van der Waals surface area contributed by atoms with Crippen LogP contribution in [0.5, 0.6) is 0 Å². The van der Waals surface area contributed by atoms with Crippen LogP contribution in [0, 0.1) is 6.92 Å². The van der Waals surface area contributed by atoms with Crippen molar-refractivity contribution in [3.8, 4) is 0 Å². The first-order valence-corrected chi connectivity index (χ1v) is 4.12.